The number of anilines is 2. The van der Waals surface area contributed by atoms with Crippen LogP contribution in [0.3, 0.4) is 0 Å². The van der Waals surface area contributed by atoms with E-state index in [-0.39, 0.29) is 129 Å². The van der Waals surface area contributed by atoms with Gasteiger partial charge in [0.05, 0.1) is 55.7 Å². The summed E-state index contributed by atoms with van der Waals surface area (Å²) in [6, 6.07) is 10.5. The number of hydrogen-bond acceptors (Lipinski definition) is 20. The largest absolute Gasteiger partial charge is 0.505 e. The number of urea groups is 1. The van der Waals surface area contributed by atoms with Crippen LogP contribution in [-0.2, 0) is 54.3 Å². The van der Waals surface area contributed by atoms with Crippen molar-refractivity contribution >= 4 is 97.4 Å². The van der Waals surface area contributed by atoms with E-state index in [2.05, 4.69) is 21.3 Å². The van der Waals surface area contributed by atoms with Crippen molar-refractivity contribution in [1.29, 1.82) is 0 Å². The molecule has 0 spiro atoms. The van der Waals surface area contributed by atoms with Gasteiger partial charge in [-0.15, -0.1) is 0 Å². The van der Waals surface area contributed by atoms with Crippen LogP contribution in [0.1, 0.15) is 129 Å². The molecule has 7 amide bonds. The number of imide groups is 1. The maximum atomic E-state index is 15.0. The molecule has 27 nitrogen and oxygen atoms in total. The monoisotopic (exact) mass is 1430 g/mol. The third kappa shape index (κ3) is 18.9. The van der Waals surface area contributed by atoms with Crippen molar-refractivity contribution in [2.24, 2.45) is 41.2 Å². The van der Waals surface area contributed by atoms with Gasteiger partial charge in [0, 0.05) is 122 Å². The minimum Gasteiger partial charge on any atom is -0.505 e. The van der Waals surface area contributed by atoms with Crippen molar-refractivity contribution in [1.82, 2.24) is 20.5 Å². The number of ether oxygens (including phenoxy) is 5. The zero-order chi connectivity index (χ0) is 75.5. The number of esters is 1. The lowest BCUT2D eigenvalue weighted by atomic mass is 9.78. The number of unbranched alkanes of at least 4 members (excludes halogenated alkanes) is 2. The number of fused-ring (bicyclic) bond motifs is 2. The summed E-state index contributed by atoms with van der Waals surface area (Å²) in [5.41, 5.74) is 5.58. The molecular weight excluding hydrogens is 1330 g/mol. The van der Waals surface area contributed by atoms with Crippen molar-refractivity contribution in [3.8, 4) is 17.2 Å². The number of hydrogen-bond donors (Lipinski definition) is 8. The first kappa shape index (κ1) is 78.9. The summed E-state index contributed by atoms with van der Waals surface area (Å²) in [7, 11) is 5.46. The predicted octanol–water partition coefficient (Wildman–Crippen LogP) is 8.24. The van der Waals surface area contributed by atoms with Crippen molar-refractivity contribution in [2.45, 2.75) is 157 Å². The quantitative estimate of drug-likeness (QED) is 0.00518. The Morgan fingerprint density at radius 2 is 1.58 bits per heavy atom. The molecule has 0 saturated heterocycles. The molecule has 8 rings (SSSR count). The molecule has 0 aliphatic carbocycles. The third-order valence-corrected chi connectivity index (χ3v) is 19.5. The average Bonchev–Trinajstić information content (AvgIpc) is 1.64. The minimum absolute atomic E-state index is 0.0588. The standard InChI is InChI=1S/C76H96N8O19/c1-40(2)62(81-56(87)22-15-14-16-33-83-57(88)29-30-58(83)89)53(86)37-49(21-18-32-78-75(77)97)74(96)79-50-25-23-48(24-26-50)39-84(11,12)34-36-99-51-27-28-52-55(38-51)102-71-63(80-52)59-60-67(92)46(8)70-61(59)72(94)76(10,103-70)100-35-31-54(98-13)43(5)69(101-47(9)85)45(7)66(91)44(6)65(90)41(3)19-17-20-42(4)73(95)82-64(71)68(60)93/h17,19-20,23-31,35,38,40-41,43-45,49,54,62,65-66,69,90-91H,14-16,18,21-22,32-34,36-37,39H2,1-13H3,(H6-,77,78,79,80,81,82,87,92,93,94,95,96,97)/p+1/b19-17+,35-31+,42-20-/t41-,43+,44+,45+,49+,54-,62-,65-,66+,69+,76-/m0/s1. The molecule has 4 aromatic carbocycles. The molecule has 27 heteroatoms. The maximum absolute atomic E-state index is 15.0. The average molecular weight is 1430 g/mol. The Balaban J connectivity index is 0.999. The molecule has 4 bridgehead atoms. The highest BCUT2D eigenvalue weighted by molar-refractivity contribution is 6.26. The molecule has 0 radical (unpaired) electrons. The van der Waals surface area contributed by atoms with Crippen LogP contribution in [0.4, 0.5) is 16.2 Å². The van der Waals surface area contributed by atoms with Crippen LogP contribution in [0.2, 0.25) is 0 Å². The number of aromatic nitrogens is 1. The number of carbonyl (C=O) groups is 9. The van der Waals surface area contributed by atoms with E-state index in [4.69, 9.17) is 38.8 Å². The van der Waals surface area contributed by atoms with Gasteiger partial charge in [0.2, 0.25) is 11.8 Å². The first-order valence-electron chi connectivity index (χ1n) is 34.8. The molecule has 0 fully saturated rings. The lowest BCUT2D eigenvalue weighted by molar-refractivity contribution is -0.903. The number of carbonyl (C=O) groups excluding carboxylic acids is 9. The van der Waals surface area contributed by atoms with Crippen LogP contribution in [0.15, 0.2) is 100.0 Å². The summed E-state index contributed by atoms with van der Waals surface area (Å²) < 4.78 is 37.4. The second kappa shape index (κ2) is 34.0. The van der Waals surface area contributed by atoms with E-state index in [1.54, 1.807) is 84.0 Å². The molecule has 1 aromatic heterocycles. The highest BCUT2D eigenvalue weighted by Crippen LogP contribution is 2.49. The van der Waals surface area contributed by atoms with E-state index in [9.17, 15) is 58.5 Å². The maximum Gasteiger partial charge on any atom is 0.312 e. The Kier molecular flexibility index (Phi) is 26.0. The Morgan fingerprint density at radius 3 is 2.24 bits per heavy atom. The number of aromatic hydroxyl groups is 1. The molecule has 3 aliphatic heterocycles. The Morgan fingerprint density at radius 1 is 0.883 bits per heavy atom. The SMILES string of the molecule is CO[C@H]1/C=C/O[C@@]2(C)Oc3c(C)c(=O)c4c(O)c(c5oc6cc(OCC[N+](C)(C)Cc7ccc(NC(=O)[C@H](CCCNC(N)=O)CC(=O)[C@@H](NC(=O)CCCCCN8C(=O)C=CC8=O)C(C)C)cc7)ccc6nc5c4c3C2=O)NC(=O)/C(C)=C\C=C\[C@H](C)[C@H](O)[C@@H](C)[C@@H](O)[C@@H](C)[C@H](OC(C)=O)[C@@H]1C. The Hall–Kier alpha value is -9.83. The number of rotatable bonds is 25. The fourth-order valence-corrected chi connectivity index (χ4v) is 13.3. The second-order valence-corrected chi connectivity index (χ2v) is 28.3. The molecular formula is C76H97N8O19+. The molecule has 103 heavy (non-hydrogen) atoms. The van der Waals surface area contributed by atoms with E-state index in [1.165, 1.54) is 65.4 Å². The number of phenolic OH excluding ortho intramolecular Hbond substituents is 1. The summed E-state index contributed by atoms with van der Waals surface area (Å²) in [5, 5.41) is 46.2. The summed E-state index contributed by atoms with van der Waals surface area (Å²) >= 11 is 0. The lowest BCUT2D eigenvalue weighted by Gasteiger charge is -2.38. The van der Waals surface area contributed by atoms with Crippen LogP contribution in [0, 0.1) is 42.4 Å². The molecule has 9 N–H and O–H groups in total. The van der Waals surface area contributed by atoms with E-state index in [0.29, 0.717) is 54.7 Å². The number of nitrogens with two attached hydrogens (primary N) is 1. The van der Waals surface area contributed by atoms with Gasteiger partial charge in [0.15, 0.2) is 28.1 Å². The van der Waals surface area contributed by atoms with E-state index >= 15 is 4.79 Å². The number of nitrogens with one attached hydrogen (secondary N) is 4. The van der Waals surface area contributed by atoms with Crippen LogP contribution in [0.5, 0.6) is 17.2 Å². The number of allylic oxidation sites excluding steroid dienone is 2. The lowest BCUT2D eigenvalue weighted by Crippen LogP contribution is -2.46. The number of Topliss-reactive ketones (excluding diaryl/α,β-unsaturated/α-hetero) is 2. The van der Waals surface area contributed by atoms with E-state index < -0.39 is 107 Å². The molecule has 3 aliphatic rings. The first-order valence-corrected chi connectivity index (χ1v) is 34.8. The van der Waals surface area contributed by atoms with Gasteiger partial charge in [-0.3, -0.25) is 48.1 Å². The molecule has 4 heterocycles. The second-order valence-electron chi connectivity index (χ2n) is 28.3. The van der Waals surface area contributed by atoms with Gasteiger partial charge in [-0.25, -0.2) is 9.78 Å². The number of ketones is 2. The van der Waals surface area contributed by atoms with Gasteiger partial charge in [-0.2, -0.15) is 0 Å². The van der Waals surface area contributed by atoms with Gasteiger partial charge in [0.1, 0.15) is 54.0 Å². The third-order valence-electron chi connectivity index (χ3n) is 19.5. The number of amides is 7. The van der Waals surface area contributed by atoms with Crippen LogP contribution >= 0.6 is 0 Å². The van der Waals surface area contributed by atoms with E-state index in [0.717, 1.165) is 10.5 Å². The summed E-state index contributed by atoms with van der Waals surface area (Å²) in [6.07, 6.45) is 7.80. The molecule has 0 saturated carbocycles. The number of benzene rings is 4. The normalized spacial score (nSPS) is 23.6. The summed E-state index contributed by atoms with van der Waals surface area (Å²) in [4.78, 5) is 139. The molecule has 554 valence electrons. The van der Waals surface area contributed by atoms with Crippen LogP contribution < -0.4 is 41.9 Å². The Labute approximate surface area is 597 Å². The van der Waals surface area contributed by atoms with Crippen molar-refractivity contribution < 1.29 is 91.1 Å². The van der Waals surface area contributed by atoms with E-state index in [1.807, 2.05) is 26.2 Å². The number of phenols is 1. The van der Waals surface area contributed by atoms with Crippen molar-refractivity contribution in [3.05, 3.63) is 118 Å². The first-order chi connectivity index (χ1) is 48.6. The fraction of sp³-hybridized carbons (Fsp3) is 0.487. The zero-order valence-electron chi connectivity index (χ0n) is 60.7. The van der Waals surface area contributed by atoms with Gasteiger partial charge in [-0.05, 0) is 75.8 Å². The number of aliphatic hydroxyl groups is 2. The van der Waals surface area contributed by atoms with Gasteiger partial charge >= 0.3 is 17.8 Å². The van der Waals surface area contributed by atoms with Crippen LogP contribution in [-0.4, -0.2) is 166 Å². The summed E-state index contributed by atoms with van der Waals surface area (Å²) in [5.74, 6) is -10.4. The fourth-order valence-electron chi connectivity index (χ4n) is 13.3. The Bertz CT molecular complexity index is 4240. The number of nitrogens with zero attached hydrogens (tertiary/aromatic N) is 3. The highest BCUT2D eigenvalue weighted by atomic mass is 16.7. The van der Waals surface area contributed by atoms with Gasteiger partial charge in [-0.1, -0.05) is 78.3 Å². The molecule has 5 aromatic rings. The minimum atomic E-state index is -2.12. The zero-order valence-corrected chi connectivity index (χ0v) is 60.7. The number of quaternary nitrogens is 1. The van der Waals surface area contributed by atoms with Gasteiger partial charge in [0.25, 0.3) is 23.5 Å². The number of methoxy groups -OCH3 is 1. The van der Waals surface area contributed by atoms with Crippen molar-refractivity contribution in [2.75, 3.05) is 58.1 Å². The molecule has 0 unspecified atom stereocenters. The number of primary amides is 1. The topological polar surface area (TPSA) is 381 Å². The predicted molar refractivity (Wildman–Crippen MR) is 384 cm³/mol. The highest BCUT2D eigenvalue weighted by Gasteiger charge is 2.50. The van der Waals surface area contributed by atoms with Gasteiger partial charge < -0.3 is 74.9 Å². The smallest absolute Gasteiger partial charge is 0.312 e. The van der Waals surface area contributed by atoms with Crippen LogP contribution in [0.25, 0.3) is 33.0 Å². The summed E-state index contributed by atoms with van der Waals surface area (Å²) in [6.45, 7) is 17.6. The number of aliphatic hydroxyl groups excluding tert-OH is 2. The number of likely N-dealkylation sites (N-methyl/N-ethyl adjacent to an activating group) is 1. The molecule has 11 atom stereocenters. The van der Waals surface area contributed by atoms with Crippen molar-refractivity contribution in [3.63, 3.8) is 0 Å².